The fraction of sp³-hybridized carbons (Fsp3) is 0.278. The van der Waals surface area contributed by atoms with Gasteiger partial charge in [-0.1, -0.05) is 48.0 Å². The molecular weight excluding hydrogens is 262 g/mol. The van der Waals surface area contributed by atoms with E-state index in [0.717, 1.165) is 11.1 Å². The fourth-order valence-electron chi connectivity index (χ4n) is 2.31. The molecule has 0 aliphatic rings. The summed E-state index contributed by atoms with van der Waals surface area (Å²) in [5.41, 5.74) is 3.78. The van der Waals surface area contributed by atoms with Gasteiger partial charge in [0.1, 0.15) is 0 Å². The van der Waals surface area contributed by atoms with Crippen LogP contribution in [0.5, 0.6) is 0 Å². The van der Waals surface area contributed by atoms with E-state index in [0.29, 0.717) is 18.5 Å². The van der Waals surface area contributed by atoms with Crippen molar-refractivity contribution < 1.29 is 9.90 Å². The lowest BCUT2D eigenvalue weighted by atomic mass is 10.1. The number of carbonyl (C=O) groups excluding carboxylic acids is 1. The molecule has 0 bridgehead atoms. The summed E-state index contributed by atoms with van der Waals surface area (Å²) in [6, 6.07) is 15.5. The van der Waals surface area contributed by atoms with E-state index in [1.807, 2.05) is 49.4 Å². The van der Waals surface area contributed by atoms with Crippen LogP contribution in [0.15, 0.2) is 48.5 Å². The Morgan fingerprint density at radius 1 is 1.19 bits per heavy atom. The van der Waals surface area contributed by atoms with Crippen LogP contribution in [0.25, 0.3) is 0 Å². The SMILES string of the molecule is Cc1cccc(CCC(=O)Nc2ccccc2C(C)O)c1. The van der Waals surface area contributed by atoms with E-state index in [4.69, 9.17) is 0 Å². The zero-order valence-corrected chi connectivity index (χ0v) is 12.5. The fourth-order valence-corrected chi connectivity index (χ4v) is 2.31. The van der Waals surface area contributed by atoms with Crippen LogP contribution in [0.3, 0.4) is 0 Å². The van der Waals surface area contributed by atoms with Crippen LogP contribution in [0, 0.1) is 6.92 Å². The first-order valence-corrected chi connectivity index (χ1v) is 7.18. The molecule has 0 saturated heterocycles. The molecule has 0 aromatic heterocycles. The second-order valence-electron chi connectivity index (χ2n) is 5.30. The Balaban J connectivity index is 1.96. The van der Waals surface area contributed by atoms with Crippen molar-refractivity contribution in [1.29, 1.82) is 0 Å². The average molecular weight is 283 g/mol. The standard InChI is InChI=1S/C18H21NO2/c1-13-6-5-7-15(12-13)10-11-18(21)19-17-9-4-3-8-16(17)14(2)20/h3-9,12,14,20H,10-11H2,1-2H3,(H,19,21). The zero-order valence-electron chi connectivity index (χ0n) is 12.5. The molecule has 2 aromatic rings. The van der Waals surface area contributed by atoms with Crippen molar-refractivity contribution >= 4 is 11.6 Å². The third kappa shape index (κ3) is 4.43. The van der Waals surface area contributed by atoms with Crippen LogP contribution in [0.4, 0.5) is 5.69 Å². The van der Waals surface area contributed by atoms with Crippen LogP contribution < -0.4 is 5.32 Å². The van der Waals surface area contributed by atoms with Gasteiger partial charge in [-0.3, -0.25) is 4.79 Å². The first kappa shape index (κ1) is 15.3. The first-order valence-electron chi connectivity index (χ1n) is 7.18. The van der Waals surface area contributed by atoms with Gasteiger partial charge in [0, 0.05) is 17.7 Å². The lowest BCUT2D eigenvalue weighted by Crippen LogP contribution is -2.14. The van der Waals surface area contributed by atoms with Gasteiger partial charge in [-0.05, 0) is 31.9 Å². The summed E-state index contributed by atoms with van der Waals surface area (Å²) in [7, 11) is 0. The Kier molecular flexibility index (Phi) is 5.12. The average Bonchev–Trinajstić information content (AvgIpc) is 2.45. The number of anilines is 1. The lowest BCUT2D eigenvalue weighted by Gasteiger charge is -2.13. The van der Waals surface area contributed by atoms with Gasteiger partial charge in [0.05, 0.1) is 6.10 Å². The Bertz CT molecular complexity index is 620. The molecule has 0 aliphatic carbocycles. The largest absolute Gasteiger partial charge is 0.389 e. The van der Waals surface area contributed by atoms with Crippen LogP contribution in [0.1, 0.15) is 36.1 Å². The number of aliphatic hydroxyl groups excluding tert-OH is 1. The molecular formula is C18H21NO2. The molecule has 0 saturated carbocycles. The number of aliphatic hydroxyl groups is 1. The maximum absolute atomic E-state index is 12.1. The molecule has 3 heteroatoms. The predicted molar refractivity (Wildman–Crippen MR) is 85.2 cm³/mol. The number of carbonyl (C=O) groups is 1. The monoisotopic (exact) mass is 283 g/mol. The number of hydrogen-bond donors (Lipinski definition) is 2. The number of hydrogen-bond acceptors (Lipinski definition) is 2. The van der Waals surface area contributed by atoms with Gasteiger partial charge < -0.3 is 10.4 Å². The molecule has 2 aromatic carbocycles. The summed E-state index contributed by atoms with van der Waals surface area (Å²) < 4.78 is 0. The van der Waals surface area contributed by atoms with Crippen LogP contribution in [0.2, 0.25) is 0 Å². The third-order valence-corrected chi connectivity index (χ3v) is 3.41. The van der Waals surface area contributed by atoms with E-state index >= 15 is 0 Å². The Labute approximate surface area is 125 Å². The minimum absolute atomic E-state index is 0.0374. The van der Waals surface area contributed by atoms with Gasteiger partial charge in [-0.15, -0.1) is 0 Å². The van der Waals surface area contributed by atoms with Gasteiger partial charge >= 0.3 is 0 Å². The molecule has 0 aliphatic heterocycles. The Morgan fingerprint density at radius 2 is 1.95 bits per heavy atom. The van der Waals surface area contributed by atoms with Gasteiger partial charge in [-0.25, -0.2) is 0 Å². The maximum Gasteiger partial charge on any atom is 0.224 e. The minimum atomic E-state index is -0.599. The highest BCUT2D eigenvalue weighted by Crippen LogP contribution is 2.22. The molecule has 0 spiro atoms. The summed E-state index contributed by atoms with van der Waals surface area (Å²) >= 11 is 0. The molecule has 0 heterocycles. The molecule has 21 heavy (non-hydrogen) atoms. The quantitative estimate of drug-likeness (QED) is 0.880. The van der Waals surface area contributed by atoms with Crippen molar-refractivity contribution in [2.45, 2.75) is 32.8 Å². The Morgan fingerprint density at radius 3 is 2.67 bits per heavy atom. The van der Waals surface area contributed by atoms with Gasteiger partial charge in [0.2, 0.25) is 5.91 Å². The normalized spacial score (nSPS) is 12.0. The van der Waals surface area contributed by atoms with Crippen molar-refractivity contribution in [1.82, 2.24) is 0 Å². The number of para-hydroxylation sites is 1. The van der Waals surface area contributed by atoms with Crippen molar-refractivity contribution in [3.63, 3.8) is 0 Å². The van der Waals surface area contributed by atoms with Crippen molar-refractivity contribution in [3.05, 3.63) is 65.2 Å². The summed E-state index contributed by atoms with van der Waals surface area (Å²) in [6.45, 7) is 3.74. The van der Waals surface area contributed by atoms with E-state index in [1.165, 1.54) is 5.56 Å². The van der Waals surface area contributed by atoms with Crippen molar-refractivity contribution in [2.75, 3.05) is 5.32 Å². The molecule has 3 nitrogen and oxygen atoms in total. The topological polar surface area (TPSA) is 49.3 Å². The first-order chi connectivity index (χ1) is 10.1. The highest BCUT2D eigenvalue weighted by Gasteiger charge is 2.10. The molecule has 0 radical (unpaired) electrons. The van der Waals surface area contributed by atoms with Gasteiger partial charge in [0.25, 0.3) is 0 Å². The van der Waals surface area contributed by atoms with Crippen LogP contribution in [-0.4, -0.2) is 11.0 Å². The maximum atomic E-state index is 12.1. The van der Waals surface area contributed by atoms with Crippen molar-refractivity contribution in [2.24, 2.45) is 0 Å². The van der Waals surface area contributed by atoms with Gasteiger partial charge in [0.15, 0.2) is 0 Å². The van der Waals surface area contributed by atoms with E-state index in [-0.39, 0.29) is 5.91 Å². The number of benzene rings is 2. The second-order valence-corrected chi connectivity index (χ2v) is 5.30. The van der Waals surface area contributed by atoms with E-state index in [9.17, 15) is 9.90 Å². The summed E-state index contributed by atoms with van der Waals surface area (Å²) in [5, 5.41) is 12.6. The molecule has 0 fully saturated rings. The molecule has 2 N–H and O–H groups in total. The Hall–Kier alpha value is -2.13. The smallest absolute Gasteiger partial charge is 0.224 e. The summed E-state index contributed by atoms with van der Waals surface area (Å²) in [5.74, 6) is -0.0374. The highest BCUT2D eigenvalue weighted by molar-refractivity contribution is 5.91. The predicted octanol–water partition coefficient (Wildman–Crippen LogP) is 3.62. The molecule has 1 atom stereocenters. The minimum Gasteiger partial charge on any atom is -0.389 e. The van der Waals surface area contributed by atoms with Crippen molar-refractivity contribution in [3.8, 4) is 0 Å². The molecule has 110 valence electrons. The molecule has 1 amide bonds. The number of rotatable bonds is 5. The summed E-state index contributed by atoms with van der Waals surface area (Å²) in [6.07, 6.45) is 0.542. The van der Waals surface area contributed by atoms with Crippen LogP contribution in [-0.2, 0) is 11.2 Å². The van der Waals surface area contributed by atoms with E-state index in [2.05, 4.69) is 11.4 Å². The molecule has 1 unspecified atom stereocenters. The highest BCUT2D eigenvalue weighted by atomic mass is 16.3. The van der Waals surface area contributed by atoms with Gasteiger partial charge in [-0.2, -0.15) is 0 Å². The molecule has 2 rings (SSSR count). The summed E-state index contributed by atoms with van der Waals surface area (Å²) in [4.78, 5) is 12.1. The zero-order chi connectivity index (χ0) is 15.2. The second kappa shape index (κ2) is 7.04. The third-order valence-electron chi connectivity index (χ3n) is 3.41. The lowest BCUT2D eigenvalue weighted by molar-refractivity contribution is -0.116. The number of amides is 1. The van der Waals surface area contributed by atoms with E-state index in [1.54, 1.807) is 6.92 Å². The number of nitrogens with one attached hydrogen (secondary N) is 1. The number of aryl methyl sites for hydroxylation is 2. The van der Waals surface area contributed by atoms with Crippen LogP contribution >= 0.6 is 0 Å². The van der Waals surface area contributed by atoms with E-state index < -0.39 is 6.10 Å².